The summed E-state index contributed by atoms with van der Waals surface area (Å²) in [6, 6.07) is 23.9. The van der Waals surface area contributed by atoms with Crippen LogP contribution in [0.5, 0.6) is 0 Å². The summed E-state index contributed by atoms with van der Waals surface area (Å²) in [5.41, 5.74) is 4.13. The molecule has 160 valence electrons. The zero-order valence-electron chi connectivity index (χ0n) is 18.1. The molecule has 3 aromatic rings. The number of carbonyl (C=O) groups excluding carboxylic acids is 1. The third-order valence-corrected chi connectivity index (χ3v) is 7.10. The molecule has 2 saturated heterocycles. The van der Waals surface area contributed by atoms with E-state index >= 15 is 0 Å². The summed E-state index contributed by atoms with van der Waals surface area (Å²) in [5, 5.41) is 0. The lowest BCUT2D eigenvalue weighted by Crippen LogP contribution is -2.48. The van der Waals surface area contributed by atoms with Gasteiger partial charge in [-0.25, -0.2) is 0 Å². The predicted molar refractivity (Wildman–Crippen MR) is 122 cm³/mol. The lowest BCUT2D eigenvalue weighted by Gasteiger charge is -2.39. The first-order valence-corrected chi connectivity index (χ1v) is 11.4. The molecular formula is C27H30N2O2. The van der Waals surface area contributed by atoms with Crippen LogP contribution in [-0.4, -0.2) is 41.4 Å². The second-order valence-electron chi connectivity index (χ2n) is 8.87. The van der Waals surface area contributed by atoms with Crippen molar-refractivity contribution in [2.24, 2.45) is 5.92 Å². The SMILES string of the molecule is CCc1ccc([C@@H]2CN(Cc3ccccc3)[C@H]3CCN(C(=O)c4ccco4)C[C@@H]23)cc1. The summed E-state index contributed by atoms with van der Waals surface area (Å²) in [7, 11) is 0. The molecule has 0 saturated carbocycles. The Morgan fingerprint density at radius 1 is 0.968 bits per heavy atom. The summed E-state index contributed by atoms with van der Waals surface area (Å²) in [6.07, 6.45) is 3.64. The minimum atomic E-state index is 0.0186. The summed E-state index contributed by atoms with van der Waals surface area (Å²) < 4.78 is 5.40. The fourth-order valence-corrected chi connectivity index (χ4v) is 5.44. The Bertz CT molecular complexity index is 997. The number of piperidine rings is 1. The van der Waals surface area contributed by atoms with E-state index in [4.69, 9.17) is 4.42 Å². The maximum atomic E-state index is 13.0. The van der Waals surface area contributed by atoms with Gasteiger partial charge in [-0.15, -0.1) is 0 Å². The number of nitrogens with zero attached hydrogens (tertiary/aromatic N) is 2. The largest absolute Gasteiger partial charge is 0.459 e. The lowest BCUT2D eigenvalue weighted by molar-refractivity contribution is 0.0554. The molecule has 0 radical (unpaired) electrons. The van der Waals surface area contributed by atoms with E-state index in [1.54, 1.807) is 18.4 Å². The van der Waals surface area contributed by atoms with E-state index in [1.807, 2.05) is 4.90 Å². The maximum absolute atomic E-state index is 13.0. The van der Waals surface area contributed by atoms with Gasteiger partial charge in [0.2, 0.25) is 0 Å². The van der Waals surface area contributed by atoms with Gasteiger partial charge in [-0.2, -0.15) is 0 Å². The lowest BCUT2D eigenvalue weighted by atomic mass is 9.81. The highest BCUT2D eigenvalue weighted by atomic mass is 16.3. The number of aryl methyl sites for hydroxylation is 1. The first-order valence-electron chi connectivity index (χ1n) is 11.4. The van der Waals surface area contributed by atoms with E-state index in [0.29, 0.717) is 23.6 Å². The van der Waals surface area contributed by atoms with Gasteiger partial charge in [0, 0.05) is 44.1 Å². The highest BCUT2D eigenvalue weighted by Crippen LogP contribution is 2.42. The van der Waals surface area contributed by atoms with Gasteiger partial charge in [-0.05, 0) is 41.7 Å². The molecule has 0 unspecified atom stereocenters. The molecule has 31 heavy (non-hydrogen) atoms. The van der Waals surface area contributed by atoms with Crippen molar-refractivity contribution in [3.63, 3.8) is 0 Å². The molecule has 0 N–H and O–H groups in total. The topological polar surface area (TPSA) is 36.7 Å². The van der Waals surface area contributed by atoms with Crippen molar-refractivity contribution < 1.29 is 9.21 Å². The molecule has 0 bridgehead atoms. The van der Waals surface area contributed by atoms with Gasteiger partial charge < -0.3 is 9.32 Å². The van der Waals surface area contributed by atoms with Crippen LogP contribution in [0.2, 0.25) is 0 Å². The van der Waals surface area contributed by atoms with Crippen LogP contribution in [0.1, 0.15) is 46.5 Å². The van der Waals surface area contributed by atoms with Crippen LogP contribution in [0, 0.1) is 5.92 Å². The van der Waals surface area contributed by atoms with Crippen molar-refractivity contribution in [2.45, 2.75) is 38.3 Å². The fraction of sp³-hybridized carbons (Fsp3) is 0.370. The third kappa shape index (κ3) is 4.05. The highest BCUT2D eigenvalue weighted by Gasteiger charge is 2.46. The van der Waals surface area contributed by atoms with Crippen LogP contribution in [0.15, 0.2) is 77.4 Å². The number of fused-ring (bicyclic) bond motifs is 1. The van der Waals surface area contributed by atoms with E-state index in [0.717, 1.165) is 39.0 Å². The minimum Gasteiger partial charge on any atom is -0.459 e. The Labute approximate surface area is 184 Å². The van der Waals surface area contributed by atoms with Gasteiger partial charge in [-0.1, -0.05) is 61.5 Å². The molecule has 0 spiro atoms. The molecule has 3 heterocycles. The number of carbonyl (C=O) groups is 1. The van der Waals surface area contributed by atoms with E-state index in [1.165, 1.54) is 16.7 Å². The van der Waals surface area contributed by atoms with E-state index in [9.17, 15) is 4.79 Å². The van der Waals surface area contributed by atoms with E-state index in [2.05, 4.69) is 66.4 Å². The van der Waals surface area contributed by atoms with Crippen LogP contribution in [-0.2, 0) is 13.0 Å². The van der Waals surface area contributed by atoms with Crippen molar-refractivity contribution in [3.05, 3.63) is 95.4 Å². The predicted octanol–water partition coefficient (Wildman–Crippen LogP) is 4.97. The molecule has 0 aliphatic carbocycles. The average Bonchev–Trinajstić information content (AvgIpc) is 3.48. The number of likely N-dealkylation sites (tertiary alicyclic amines) is 2. The van der Waals surface area contributed by atoms with Crippen molar-refractivity contribution in [1.82, 2.24) is 9.80 Å². The Hall–Kier alpha value is -2.85. The molecule has 1 amide bonds. The normalized spacial score (nSPS) is 23.6. The summed E-state index contributed by atoms with van der Waals surface area (Å²) in [6.45, 7) is 5.78. The summed E-state index contributed by atoms with van der Waals surface area (Å²) in [4.78, 5) is 17.6. The van der Waals surface area contributed by atoms with Crippen LogP contribution in [0.4, 0.5) is 0 Å². The van der Waals surface area contributed by atoms with E-state index < -0.39 is 0 Å². The van der Waals surface area contributed by atoms with Gasteiger partial charge in [0.05, 0.1) is 6.26 Å². The molecule has 4 nitrogen and oxygen atoms in total. The van der Waals surface area contributed by atoms with Crippen molar-refractivity contribution in [1.29, 1.82) is 0 Å². The highest BCUT2D eigenvalue weighted by molar-refractivity contribution is 5.91. The van der Waals surface area contributed by atoms with Crippen LogP contribution >= 0.6 is 0 Å². The molecule has 2 fully saturated rings. The molecule has 2 aromatic carbocycles. The van der Waals surface area contributed by atoms with Gasteiger partial charge in [0.15, 0.2) is 5.76 Å². The van der Waals surface area contributed by atoms with Crippen molar-refractivity contribution in [2.75, 3.05) is 19.6 Å². The summed E-state index contributed by atoms with van der Waals surface area (Å²) in [5.74, 6) is 1.34. The minimum absolute atomic E-state index is 0.0186. The molecule has 3 atom stereocenters. The molecule has 1 aromatic heterocycles. The Kier molecular flexibility index (Phi) is 5.65. The number of hydrogen-bond acceptors (Lipinski definition) is 3. The molecule has 5 rings (SSSR count). The van der Waals surface area contributed by atoms with E-state index in [-0.39, 0.29) is 5.91 Å². The zero-order valence-corrected chi connectivity index (χ0v) is 18.1. The molecular weight excluding hydrogens is 384 g/mol. The smallest absolute Gasteiger partial charge is 0.289 e. The first-order chi connectivity index (χ1) is 15.2. The second kappa shape index (κ2) is 8.72. The number of amides is 1. The number of benzene rings is 2. The molecule has 4 heteroatoms. The Balaban J connectivity index is 1.40. The monoisotopic (exact) mass is 414 g/mol. The average molecular weight is 415 g/mol. The number of hydrogen-bond donors (Lipinski definition) is 0. The number of rotatable bonds is 5. The van der Waals surface area contributed by atoms with Gasteiger partial charge in [-0.3, -0.25) is 9.69 Å². The standard InChI is InChI=1S/C27H30N2O2/c1-2-20-10-12-22(13-11-20)23-18-29(17-21-7-4-3-5-8-21)25-14-15-28(19-24(23)25)27(30)26-9-6-16-31-26/h3-13,16,23-25H,2,14-15,17-19H2,1H3/t23-,24-,25-/m0/s1. The van der Waals surface area contributed by atoms with Gasteiger partial charge >= 0.3 is 0 Å². The van der Waals surface area contributed by atoms with Gasteiger partial charge in [0.1, 0.15) is 0 Å². The maximum Gasteiger partial charge on any atom is 0.289 e. The zero-order chi connectivity index (χ0) is 21.2. The summed E-state index contributed by atoms with van der Waals surface area (Å²) >= 11 is 0. The van der Waals surface area contributed by atoms with Crippen molar-refractivity contribution in [3.8, 4) is 0 Å². The fourth-order valence-electron chi connectivity index (χ4n) is 5.44. The Morgan fingerprint density at radius 3 is 2.48 bits per heavy atom. The van der Waals surface area contributed by atoms with Crippen LogP contribution < -0.4 is 0 Å². The van der Waals surface area contributed by atoms with Crippen LogP contribution in [0.3, 0.4) is 0 Å². The third-order valence-electron chi connectivity index (χ3n) is 7.10. The second-order valence-corrected chi connectivity index (χ2v) is 8.87. The molecule has 2 aliphatic rings. The Morgan fingerprint density at radius 2 is 1.77 bits per heavy atom. The molecule has 2 aliphatic heterocycles. The number of furan rings is 1. The van der Waals surface area contributed by atoms with Crippen LogP contribution in [0.25, 0.3) is 0 Å². The van der Waals surface area contributed by atoms with Gasteiger partial charge in [0.25, 0.3) is 5.91 Å². The quantitative estimate of drug-likeness (QED) is 0.591. The first kappa shape index (κ1) is 20.1. The van der Waals surface area contributed by atoms with Crippen molar-refractivity contribution >= 4 is 5.91 Å².